The number of hydrogen-bond acceptors (Lipinski definition) is 3. The van der Waals surface area contributed by atoms with E-state index in [4.69, 9.17) is 5.73 Å². The third-order valence-electron chi connectivity index (χ3n) is 3.50. The molecule has 1 aliphatic rings. The first-order valence-electron chi connectivity index (χ1n) is 6.09. The Kier molecular flexibility index (Phi) is 3.43. The summed E-state index contributed by atoms with van der Waals surface area (Å²) in [5.74, 6) is -0.0841. The Balaban J connectivity index is 2.04. The standard InChI is InChI=1S/C13H19N3O/c1-13(14)7-3-2-6-11(13)12(17)16-10-5-4-8-15-9-10/h4-5,8-9,11H,2-3,6-7,14H2,1H3,(H,16,17). The molecular weight excluding hydrogens is 214 g/mol. The number of anilines is 1. The molecule has 1 aromatic heterocycles. The molecule has 0 saturated heterocycles. The van der Waals surface area contributed by atoms with Crippen LogP contribution in [0, 0.1) is 5.92 Å². The Morgan fingerprint density at radius 2 is 2.41 bits per heavy atom. The fraction of sp³-hybridized carbons (Fsp3) is 0.538. The zero-order valence-electron chi connectivity index (χ0n) is 10.1. The second-order valence-corrected chi connectivity index (χ2v) is 5.04. The Labute approximate surface area is 102 Å². The van der Waals surface area contributed by atoms with Crippen LogP contribution in [0.3, 0.4) is 0 Å². The maximum absolute atomic E-state index is 12.2. The van der Waals surface area contributed by atoms with Crippen molar-refractivity contribution in [3.63, 3.8) is 0 Å². The predicted octanol–water partition coefficient (Wildman–Crippen LogP) is 1.93. The molecule has 4 nitrogen and oxygen atoms in total. The average molecular weight is 233 g/mol. The molecule has 0 aliphatic heterocycles. The Hall–Kier alpha value is -1.42. The number of nitrogens with two attached hydrogens (primary N) is 1. The van der Waals surface area contributed by atoms with Crippen LogP contribution in [0.15, 0.2) is 24.5 Å². The summed E-state index contributed by atoms with van der Waals surface area (Å²) in [4.78, 5) is 16.1. The highest BCUT2D eigenvalue weighted by molar-refractivity contribution is 5.93. The monoisotopic (exact) mass is 233 g/mol. The van der Waals surface area contributed by atoms with Gasteiger partial charge in [0.05, 0.1) is 17.8 Å². The molecule has 92 valence electrons. The Bertz CT molecular complexity index is 389. The van der Waals surface area contributed by atoms with Crippen LogP contribution in [0.25, 0.3) is 0 Å². The number of hydrogen-bond donors (Lipinski definition) is 2. The summed E-state index contributed by atoms with van der Waals surface area (Å²) < 4.78 is 0. The van der Waals surface area contributed by atoms with Crippen molar-refractivity contribution >= 4 is 11.6 Å². The van der Waals surface area contributed by atoms with Gasteiger partial charge in [0.25, 0.3) is 0 Å². The van der Waals surface area contributed by atoms with E-state index in [0.29, 0.717) is 0 Å². The smallest absolute Gasteiger partial charge is 0.229 e. The van der Waals surface area contributed by atoms with Crippen LogP contribution in [0.2, 0.25) is 0 Å². The van der Waals surface area contributed by atoms with Crippen molar-refractivity contribution < 1.29 is 4.79 Å². The molecule has 3 N–H and O–H groups in total. The van der Waals surface area contributed by atoms with Gasteiger partial charge >= 0.3 is 0 Å². The van der Waals surface area contributed by atoms with Crippen LogP contribution in [0.5, 0.6) is 0 Å². The average Bonchev–Trinajstić information content (AvgIpc) is 2.29. The van der Waals surface area contributed by atoms with Crippen LogP contribution >= 0.6 is 0 Å². The quantitative estimate of drug-likeness (QED) is 0.820. The molecule has 0 spiro atoms. The van der Waals surface area contributed by atoms with Gasteiger partial charge < -0.3 is 11.1 Å². The summed E-state index contributed by atoms with van der Waals surface area (Å²) in [6.07, 6.45) is 7.32. The first-order valence-corrected chi connectivity index (χ1v) is 6.09. The van der Waals surface area contributed by atoms with Gasteiger partial charge in [0.2, 0.25) is 5.91 Å². The van der Waals surface area contributed by atoms with Gasteiger partial charge in [-0.25, -0.2) is 0 Å². The van der Waals surface area contributed by atoms with Crippen molar-refractivity contribution in [2.45, 2.75) is 38.1 Å². The summed E-state index contributed by atoms with van der Waals surface area (Å²) in [7, 11) is 0. The molecule has 0 bridgehead atoms. The van der Waals surface area contributed by atoms with Gasteiger partial charge in [0.15, 0.2) is 0 Å². The first kappa shape index (κ1) is 12.0. The fourth-order valence-corrected chi connectivity index (χ4v) is 2.45. The molecule has 2 atom stereocenters. The maximum atomic E-state index is 12.2. The molecule has 1 aromatic rings. The minimum absolute atomic E-state index is 0.0164. The molecular formula is C13H19N3O. The summed E-state index contributed by atoms with van der Waals surface area (Å²) in [6.45, 7) is 1.97. The molecule has 0 aromatic carbocycles. The van der Waals surface area contributed by atoms with Crippen molar-refractivity contribution in [2.75, 3.05) is 5.32 Å². The molecule has 1 saturated carbocycles. The lowest BCUT2D eigenvalue weighted by Gasteiger charge is -2.37. The molecule has 4 heteroatoms. The third kappa shape index (κ3) is 2.82. The van der Waals surface area contributed by atoms with E-state index in [-0.39, 0.29) is 17.4 Å². The number of amides is 1. The van der Waals surface area contributed by atoms with Gasteiger partial charge in [-0.1, -0.05) is 12.8 Å². The number of carbonyl (C=O) groups excluding carboxylic acids is 1. The zero-order valence-corrected chi connectivity index (χ0v) is 10.1. The topological polar surface area (TPSA) is 68.0 Å². The van der Waals surface area contributed by atoms with E-state index in [1.165, 1.54) is 0 Å². The van der Waals surface area contributed by atoms with Crippen LogP contribution in [0.4, 0.5) is 5.69 Å². The largest absolute Gasteiger partial charge is 0.325 e. The molecule has 1 fully saturated rings. The zero-order chi connectivity index (χ0) is 12.3. The molecule has 1 aliphatic carbocycles. The van der Waals surface area contributed by atoms with Crippen molar-refractivity contribution in [3.05, 3.63) is 24.5 Å². The van der Waals surface area contributed by atoms with Crippen molar-refractivity contribution in [1.82, 2.24) is 4.98 Å². The Morgan fingerprint density at radius 1 is 1.59 bits per heavy atom. The predicted molar refractivity (Wildman–Crippen MR) is 67.4 cm³/mol. The van der Waals surface area contributed by atoms with Gasteiger partial charge in [-0.15, -0.1) is 0 Å². The third-order valence-corrected chi connectivity index (χ3v) is 3.50. The second kappa shape index (κ2) is 4.84. The van der Waals surface area contributed by atoms with E-state index in [9.17, 15) is 4.79 Å². The maximum Gasteiger partial charge on any atom is 0.229 e. The number of rotatable bonds is 2. The van der Waals surface area contributed by atoms with E-state index in [1.807, 2.05) is 13.0 Å². The number of carbonyl (C=O) groups is 1. The van der Waals surface area contributed by atoms with Gasteiger partial charge in [-0.3, -0.25) is 9.78 Å². The van der Waals surface area contributed by atoms with Gasteiger partial charge in [0, 0.05) is 11.7 Å². The van der Waals surface area contributed by atoms with E-state index in [0.717, 1.165) is 31.4 Å². The normalized spacial score (nSPS) is 28.7. The number of nitrogens with one attached hydrogen (secondary N) is 1. The lowest BCUT2D eigenvalue weighted by atomic mass is 9.74. The summed E-state index contributed by atoms with van der Waals surface area (Å²) in [6, 6.07) is 3.64. The van der Waals surface area contributed by atoms with Crippen molar-refractivity contribution in [2.24, 2.45) is 11.7 Å². The van der Waals surface area contributed by atoms with Crippen LogP contribution in [-0.2, 0) is 4.79 Å². The van der Waals surface area contributed by atoms with E-state index in [1.54, 1.807) is 18.5 Å². The minimum Gasteiger partial charge on any atom is -0.325 e. The Morgan fingerprint density at radius 3 is 3.06 bits per heavy atom. The SMILES string of the molecule is CC1(N)CCCCC1C(=O)Nc1cccnc1. The van der Waals surface area contributed by atoms with Crippen molar-refractivity contribution in [3.8, 4) is 0 Å². The summed E-state index contributed by atoms with van der Waals surface area (Å²) in [5, 5.41) is 2.89. The van der Waals surface area contributed by atoms with E-state index >= 15 is 0 Å². The number of nitrogens with zero attached hydrogens (tertiary/aromatic N) is 1. The second-order valence-electron chi connectivity index (χ2n) is 5.04. The molecule has 2 rings (SSSR count). The summed E-state index contributed by atoms with van der Waals surface area (Å²) >= 11 is 0. The molecule has 1 heterocycles. The minimum atomic E-state index is -0.384. The number of pyridine rings is 1. The van der Waals surface area contributed by atoms with Crippen molar-refractivity contribution in [1.29, 1.82) is 0 Å². The highest BCUT2D eigenvalue weighted by Gasteiger charge is 2.37. The van der Waals surface area contributed by atoms with Gasteiger partial charge in [0.1, 0.15) is 0 Å². The van der Waals surface area contributed by atoms with Gasteiger partial charge in [-0.05, 0) is 31.9 Å². The highest BCUT2D eigenvalue weighted by atomic mass is 16.1. The lowest BCUT2D eigenvalue weighted by molar-refractivity contribution is -0.122. The van der Waals surface area contributed by atoms with Crippen LogP contribution < -0.4 is 11.1 Å². The van der Waals surface area contributed by atoms with Gasteiger partial charge in [-0.2, -0.15) is 0 Å². The molecule has 17 heavy (non-hydrogen) atoms. The molecule has 0 radical (unpaired) electrons. The summed E-state index contributed by atoms with van der Waals surface area (Å²) in [5.41, 5.74) is 6.55. The van der Waals surface area contributed by atoms with Crippen LogP contribution in [-0.4, -0.2) is 16.4 Å². The molecule has 1 amide bonds. The van der Waals surface area contributed by atoms with E-state index in [2.05, 4.69) is 10.3 Å². The highest BCUT2D eigenvalue weighted by Crippen LogP contribution is 2.32. The fourth-order valence-electron chi connectivity index (χ4n) is 2.45. The number of aromatic nitrogens is 1. The molecule has 2 unspecified atom stereocenters. The van der Waals surface area contributed by atoms with Crippen LogP contribution in [0.1, 0.15) is 32.6 Å². The first-order chi connectivity index (χ1) is 8.09. The van der Waals surface area contributed by atoms with E-state index < -0.39 is 0 Å². The lowest BCUT2D eigenvalue weighted by Crippen LogP contribution is -2.51.